The quantitative estimate of drug-likeness (QED) is 0.735. The summed E-state index contributed by atoms with van der Waals surface area (Å²) in [7, 11) is 0. The monoisotopic (exact) mass is 238 g/mol. The zero-order valence-electron chi connectivity index (χ0n) is 9.82. The highest BCUT2D eigenvalue weighted by molar-refractivity contribution is 6.29. The van der Waals surface area contributed by atoms with E-state index in [1.807, 2.05) is 12.3 Å². The molecule has 1 unspecified atom stereocenters. The molecule has 2 rings (SSSR count). The van der Waals surface area contributed by atoms with E-state index in [2.05, 4.69) is 22.9 Å². The van der Waals surface area contributed by atoms with Crippen molar-refractivity contribution in [2.75, 3.05) is 13.1 Å². The molecule has 1 aliphatic rings. The van der Waals surface area contributed by atoms with E-state index in [9.17, 15) is 0 Å². The summed E-state index contributed by atoms with van der Waals surface area (Å²) in [6, 6.07) is 3.95. The molecular weight excluding hydrogens is 220 g/mol. The fraction of sp³-hybridized carbons (Fsp3) is 0.615. The first-order valence-electron chi connectivity index (χ1n) is 6.07. The Morgan fingerprint density at radius 1 is 1.38 bits per heavy atom. The van der Waals surface area contributed by atoms with Gasteiger partial charge in [0.15, 0.2) is 0 Å². The molecule has 0 radical (unpaired) electrons. The Morgan fingerprint density at radius 3 is 3.00 bits per heavy atom. The van der Waals surface area contributed by atoms with Crippen LogP contribution in [-0.2, 0) is 6.54 Å². The molecule has 0 spiro atoms. The fourth-order valence-electron chi connectivity index (χ4n) is 2.24. The number of likely N-dealkylation sites (tertiary alicyclic amines) is 1. The van der Waals surface area contributed by atoms with E-state index in [1.54, 1.807) is 0 Å². The van der Waals surface area contributed by atoms with Crippen molar-refractivity contribution < 1.29 is 0 Å². The maximum atomic E-state index is 5.77. The average molecular weight is 239 g/mol. The van der Waals surface area contributed by atoms with Gasteiger partial charge in [0.1, 0.15) is 5.15 Å². The summed E-state index contributed by atoms with van der Waals surface area (Å²) in [6.45, 7) is 5.79. The molecule has 1 atom stereocenters. The van der Waals surface area contributed by atoms with Gasteiger partial charge < -0.3 is 0 Å². The van der Waals surface area contributed by atoms with Crippen molar-refractivity contribution in [2.24, 2.45) is 5.92 Å². The summed E-state index contributed by atoms with van der Waals surface area (Å²) < 4.78 is 0. The van der Waals surface area contributed by atoms with Crippen LogP contribution in [0.15, 0.2) is 18.3 Å². The van der Waals surface area contributed by atoms with Gasteiger partial charge in [0.2, 0.25) is 0 Å². The minimum Gasteiger partial charge on any atom is -0.299 e. The molecule has 1 saturated heterocycles. The van der Waals surface area contributed by atoms with Crippen molar-refractivity contribution in [3.8, 4) is 0 Å². The van der Waals surface area contributed by atoms with Crippen molar-refractivity contribution in [2.45, 2.75) is 32.7 Å². The van der Waals surface area contributed by atoms with Gasteiger partial charge in [0, 0.05) is 12.7 Å². The first kappa shape index (κ1) is 11.9. The first-order chi connectivity index (χ1) is 7.74. The molecular formula is C13H19ClN2. The van der Waals surface area contributed by atoms with Crippen LogP contribution in [0.5, 0.6) is 0 Å². The Hall–Kier alpha value is -0.600. The largest absolute Gasteiger partial charge is 0.299 e. The van der Waals surface area contributed by atoms with E-state index in [1.165, 1.54) is 37.9 Å². The molecule has 0 aromatic carbocycles. The van der Waals surface area contributed by atoms with Gasteiger partial charge in [0.25, 0.3) is 0 Å². The molecule has 1 aromatic rings. The topological polar surface area (TPSA) is 16.1 Å². The van der Waals surface area contributed by atoms with Crippen LogP contribution in [0.2, 0.25) is 5.15 Å². The number of hydrogen-bond acceptors (Lipinski definition) is 2. The zero-order chi connectivity index (χ0) is 11.4. The van der Waals surface area contributed by atoms with Gasteiger partial charge >= 0.3 is 0 Å². The molecule has 1 aromatic heterocycles. The van der Waals surface area contributed by atoms with Gasteiger partial charge in [0.05, 0.1) is 0 Å². The first-order valence-corrected chi connectivity index (χ1v) is 6.44. The van der Waals surface area contributed by atoms with Crippen LogP contribution in [0.3, 0.4) is 0 Å². The lowest BCUT2D eigenvalue weighted by Crippen LogP contribution is -2.24. The highest BCUT2D eigenvalue weighted by atomic mass is 35.5. The second kappa shape index (κ2) is 5.65. The molecule has 0 bridgehead atoms. The number of nitrogens with zero attached hydrogens (tertiary/aromatic N) is 2. The number of halogens is 1. The molecule has 1 fully saturated rings. The van der Waals surface area contributed by atoms with Crippen LogP contribution in [0, 0.1) is 5.92 Å². The molecule has 88 valence electrons. The third-order valence-corrected chi connectivity index (χ3v) is 3.53. The van der Waals surface area contributed by atoms with Crippen LogP contribution in [0.25, 0.3) is 0 Å². The molecule has 0 N–H and O–H groups in total. The Balaban J connectivity index is 1.91. The van der Waals surface area contributed by atoms with Gasteiger partial charge in [-0.2, -0.15) is 0 Å². The summed E-state index contributed by atoms with van der Waals surface area (Å²) in [5.41, 5.74) is 1.26. The number of pyridine rings is 1. The fourth-order valence-corrected chi connectivity index (χ4v) is 2.35. The third-order valence-electron chi connectivity index (χ3n) is 3.30. The SMILES string of the molecule is CC1CCCN(Cc2ccc(Cl)nc2)CC1. The van der Waals surface area contributed by atoms with Crippen molar-refractivity contribution in [1.29, 1.82) is 0 Å². The van der Waals surface area contributed by atoms with E-state index < -0.39 is 0 Å². The maximum absolute atomic E-state index is 5.77. The Bertz CT molecular complexity index is 323. The predicted molar refractivity (Wildman–Crippen MR) is 67.5 cm³/mol. The minimum atomic E-state index is 0.577. The molecule has 0 aliphatic carbocycles. The highest BCUT2D eigenvalue weighted by Gasteiger charge is 2.13. The summed E-state index contributed by atoms with van der Waals surface area (Å²) in [4.78, 5) is 6.64. The summed E-state index contributed by atoms with van der Waals surface area (Å²) in [5, 5.41) is 0.577. The van der Waals surface area contributed by atoms with Gasteiger partial charge in [-0.1, -0.05) is 24.6 Å². The van der Waals surface area contributed by atoms with Gasteiger partial charge in [-0.3, -0.25) is 4.90 Å². The van der Waals surface area contributed by atoms with Crippen LogP contribution in [-0.4, -0.2) is 23.0 Å². The van der Waals surface area contributed by atoms with Crippen LogP contribution in [0.4, 0.5) is 0 Å². The van der Waals surface area contributed by atoms with E-state index >= 15 is 0 Å². The Kier molecular flexibility index (Phi) is 4.19. The van der Waals surface area contributed by atoms with Gasteiger partial charge in [-0.05, 0) is 49.9 Å². The third kappa shape index (κ3) is 3.46. The smallest absolute Gasteiger partial charge is 0.129 e. The molecule has 16 heavy (non-hydrogen) atoms. The van der Waals surface area contributed by atoms with E-state index in [-0.39, 0.29) is 0 Å². The predicted octanol–water partition coefficient (Wildman–Crippen LogP) is 3.36. The normalized spacial score (nSPS) is 23.0. The van der Waals surface area contributed by atoms with Crippen molar-refractivity contribution >= 4 is 11.6 Å². The van der Waals surface area contributed by atoms with Crippen LogP contribution in [0.1, 0.15) is 31.7 Å². The number of aromatic nitrogens is 1. The second-order valence-electron chi connectivity index (χ2n) is 4.80. The van der Waals surface area contributed by atoms with E-state index in [0.717, 1.165) is 12.5 Å². The van der Waals surface area contributed by atoms with Crippen molar-refractivity contribution in [1.82, 2.24) is 9.88 Å². The van der Waals surface area contributed by atoms with Gasteiger partial charge in [-0.25, -0.2) is 4.98 Å². The van der Waals surface area contributed by atoms with Crippen LogP contribution < -0.4 is 0 Å². The average Bonchev–Trinajstić information content (AvgIpc) is 2.47. The summed E-state index contributed by atoms with van der Waals surface area (Å²) in [5.74, 6) is 0.883. The molecule has 0 saturated carbocycles. The lowest BCUT2D eigenvalue weighted by atomic mass is 10.0. The summed E-state index contributed by atoms with van der Waals surface area (Å²) in [6.07, 6.45) is 5.90. The number of hydrogen-bond donors (Lipinski definition) is 0. The zero-order valence-corrected chi connectivity index (χ0v) is 10.6. The molecule has 2 nitrogen and oxygen atoms in total. The lowest BCUT2D eigenvalue weighted by Gasteiger charge is -2.19. The summed E-state index contributed by atoms with van der Waals surface area (Å²) >= 11 is 5.77. The van der Waals surface area contributed by atoms with Crippen molar-refractivity contribution in [3.63, 3.8) is 0 Å². The standard InChI is InChI=1S/C13H19ClN2/c1-11-3-2-7-16(8-6-11)10-12-4-5-13(14)15-9-12/h4-5,9,11H,2-3,6-8,10H2,1H3. The Labute approximate surface area is 103 Å². The molecule has 0 amide bonds. The van der Waals surface area contributed by atoms with E-state index in [4.69, 9.17) is 11.6 Å². The molecule has 1 aliphatic heterocycles. The molecule has 2 heterocycles. The maximum Gasteiger partial charge on any atom is 0.129 e. The number of rotatable bonds is 2. The highest BCUT2D eigenvalue weighted by Crippen LogP contribution is 2.18. The second-order valence-corrected chi connectivity index (χ2v) is 5.19. The lowest BCUT2D eigenvalue weighted by molar-refractivity contribution is 0.273. The van der Waals surface area contributed by atoms with Crippen LogP contribution >= 0.6 is 11.6 Å². The van der Waals surface area contributed by atoms with E-state index in [0.29, 0.717) is 5.15 Å². The Morgan fingerprint density at radius 2 is 2.25 bits per heavy atom. The van der Waals surface area contributed by atoms with Gasteiger partial charge in [-0.15, -0.1) is 0 Å². The van der Waals surface area contributed by atoms with Crippen molar-refractivity contribution in [3.05, 3.63) is 29.0 Å². The molecule has 3 heteroatoms. The minimum absolute atomic E-state index is 0.577.